The summed E-state index contributed by atoms with van der Waals surface area (Å²) in [6.45, 7) is 0. The van der Waals surface area contributed by atoms with Gasteiger partial charge in [0.1, 0.15) is 5.82 Å². The molecule has 0 aliphatic carbocycles. The molecule has 1 amide bonds. The van der Waals surface area contributed by atoms with Crippen molar-refractivity contribution < 1.29 is 9.53 Å². The number of halogens is 1. The molecule has 2 saturated heterocycles. The van der Waals surface area contributed by atoms with Crippen molar-refractivity contribution in [2.75, 3.05) is 5.32 Å². The van der Waals surface area contributed by atoms with E-state index in [9.17, 15) is 4.79 Å². The Balaban J connectivity index is 1.65. The summed E-state index contributed by atoms with van der Waals surface area (Å²) < 4.78 is 6.74. The number of nitrogens with zero attached hydrogens (tertiary/aromatic N) is 1. The van der Waals surface area contributed by atoms with Gasteiger partial charge in [-0.25, -0.2) is 4.98 Å². The van der Waals surface area contributed by atoms with Crippen molar-refractivity contribution in [2.45, 2.75) is 31.5 Å². The summed E-state index contributed by atoms with van der Waals surface area (Å²) in [5, 5.41) is 2.86. The predicted molar refractivity (Wildman–Crippen MR) is 71.6 cm³/mol. The molecule has 0 aromatic carbocycles. The fourth-order valence-corrected chi connectivity index (χ4v) is 2.90. The Morgan fingerprint density at radius 3 is 2.94 bits per heavy atom. The van der Waals surface area contributed by atoms with Crippen LogP contribution in [0.15, 0.2) is 18.3 Å². The molecule has 0 spiro atoms. The molecule has 3 atom stereocenters. The lowest BCUT2D eigenvalue weighted by molar-refractivity contribution is -0.121. The second kappa shape index (κ2) is 4.53. The number of hydrogen-bond acceptors (Lipinski definition) is 3. The zero-order valence-corrected chi connectivity index (χ0v) is 11.4. The van der Waals surface area contributed by atoms with E-state index in [4.69, 9.17) is 4.74 Å². The fourth-order valence-electron chi connectivity index (χ4n) is 2.58. The Labute approximate surface area is 113 Å². The number of fused-ring (bicyclic) bond motifs is 2. The lowest BCUT2D eigenvalue weighted by atomic mass is 9.88. The van der Waals surface area contributed by atoms with Crippen LogP contribution in [0, 0.1) is 9.49 Å². The van der Waals surface area contributed by atoms with Gasteiger partial charge in [-0.2, -0.15) is 0 Å². The standard InChI is InChI=1S/C12H13IN2O2/c13-7-1-4-11(14-6-7)15-12(16)9-5-8-2-3-10(9)17-8/h1,4,6,8-10H,2-3,5H2,(H,14,15,16). The highest BCUT2D eigenvalue weighted by Gasteiger charge is 2.44. The molecule has 4 nitrogen and oxygen atoms in total. The second-order valence-electron chi connectivity index (χ2n) is 4.57. The third-order valence-electron chi connectivity index (χ3n) is 3.42. The van der Waals surface area contributed by atoms with E-state index in [1.807, 2.05) is 12.1 Å². The van der Waals surface area contributed by atoms with Gasteiger partial charge >= 0.3 is 0 Å². The molecule has 2 bridgehead atoms. The van der Waals surface area contributed by atoms with E-state index >= 15 is 0 Å². The number of hydrogen-bond donors (Lipinski definition) is 1. The number of rotatable bonds is 2. The quantitative estimate of drug-likeness (QED) is 0.837. The number of aromatic nitrogens is 1. The third-order valence-corrected chi connectivity index (χ3v) is 4.06. The van der Waals surface area contributed by atoms with E-state index in [-0.39, 0.29) is 17.9 Å². The van der Waals surface area contributed by atoms with Gasteiger partial charge in [0, 0.05) is 9.77 Å². The average molecular weight is 344 g/mol. The first-order valence-electron chi connectivity index (χ1n) is 5.80. The number of ether oxygens (including phenoxy) is 1. The summed E-state index contributed by atoms with van der Waals surface area (Å²) >= 11 is 2.19. The molecule has 3 heterocycles. The zero-order valence-electron chi connectivity index (χ0n) is 9.23. The van der Waals surface area contributed by atoms with Crippen molar-refractivity contribution in [3.8, 4) is 0 Å². The Bertz CT molecular complexity index is 435. The molecule has 1 N–H and O–H groups in total. The lowest BCUT2D eigenvalue weighted by Crippen LogP contribution is -2.30. The normalized spacial score (nSPS) is 30.5. The smallest absolute Gasteiger partial charge is 0.231 e. The molecular weight excluding hydrogens is 331 g/mol. The molecule has 5 heteroatoms. The van der Waals surface area contributed by atoms with Gasteiger partial charge in [-0.05, 0) is 54.0 Å². The van der Waals surface area contributed by atoms with Crippen LogP contribution in [0.1, 0.15) is 19.3 Å². The highest BCUT2D eigenvalue weighted by Crippen LogP contribution is 2.39. The van der Waals surface area contributed by atoms with Crippen LogP contribution < -0.4 is 5.32 Å². The maximum atomic E-state index is 12.1. The van der Waals surface area contributed by atoms with E-state index in [1.54, 1.807) is 6.20 Å². The van der Waals surface area contributed by atoms with Crippen LogP contribution in [0.4, 0.5) is 5.82 Å². The number of amides is 1. The summed E-state index contributed by atoms with van der Waals surface area (Å²) in [6, 6.07) is 3.76. The van der Waals surface area contributed by atoms with Crippen LogP contribution in [0.5, 0.6) is 0 Å². The maximum absolute atomic E-state index is 12.1. The SMILES string of the molecule is O=C(Nc1ccc(I)cn1)C1CC2CCC1O2. The molecular formula is C12H13IN2O2. The van der Waals surface area contributed by atoms with Gasteiger partial charge in [0.05, 0.1) is 18.1 Å². The van der Waals surface area contributed by atoms with Crippen LogP contribution >= 0.6 is 22.6 Å². The minimum atomic E-state index is 0.00910. The van der Waals surface area contributed by atoms with Gasteiger partial charge in [-0.3, -0.25) is 4.79 Å². The first-order valence-corrected chi connectivity index (χ1v) is 6.88. The van der Waals surface area contributed by atoms with E-state index in [1.165, 1.54) is 0 Å². The van der Waals surface area contributed by atoms with Crippen molar-refractivity contribution in [3.63, 3.8) is 0 Å². The monoisotopic (exact) mass is 344 g/mol. The van der Waals surface area contributed by atoms with E-state index in [0.29, 0.717) is 11.9 Å². The summed E-state index contributed by atoms with van der Waals surface area (Å²) in [5.74, 6) is 0.680. The van der Waals surface area contributed by atoms with Crippen molar-refractivity contribution in [3.05, 3.63) is 21.9 Å². The van der Waals surface area contributed by atoms with E-state index in [0.717, 1.165) is 22.8 Å². The van der Waals surface area contributed by atoms with Crippen LogP contribution in [0.3, 0.4) is 0 Å². The lowest BCUT2D eigenvalue weighted by Gasteiger charge is -2.17. The summed E-state index contributed by atoms with van der Waals surface area (Å²) in [4.78, 5) is 16.2. The third kappa shape index (κ3) is 2.30. The van der Waals surface area contributed by atoms with Crippen LogP contribution in [-0.2, 0) is 9.53 Å². The Morgan fingerprint density at radius 2 is 2.35 bits per heavy atom. The Morgan fingerprint density at radius 1 is 1.47 bits per heavy atom. The number of pyridine rings is 1. The molecule has 2 aliphatic heterocycles. The molecule has 0 saturated carbocycles. The molecule has 3 rings (SSSR count). The molecule has 90 valence electrons. The fraction of sp³-hybridized carbons (Fsp3) is 0.500. The second-order valence-corrected chi connectivity index (χ2v) is 5.81. The van der Waals surface area contributed by atoms with Gasteiger partial charge in [0.15, 0.2) is 0 Å². The molecule has 2 fully saturated rings. The topological polar surface area (TPSA) is 51.2 Å². The molecule has 0 radical (unpaired) electrons. The van der Waals surface area contributed by atoms with E-state index < -0.39 is 0 Å². The summed E-state index contributed by atoms with van der Waals surface area (Å²) in [6.07, 6.45) is 5.16. The first kappa shape index (κ1) is 11.4. The minimum absolute atomic E-state index is 0.00910. The minimum Gasteiger partial charge on any atom is -0.374 e. The van der Waals surface area contributed by atoms with Gasteiger partial charge in [-0.15, -0.1) is 0 Å². The number of carbonyl (C=O) groups is 1. The Kier molecular flexibility index (Phi) is 3.04. The molecule has 1 aromatic heterocycles. The first-order chi connectivity index (χ1) is 8.22. The van der Waals surface area contributed by atoms with Gasteiger partial charge in [0.25, 0.3) is 0 Å². The predicted octanol–water partition coefficient (Wildman–Crippen LogP) is 2.19. The molecule has 1 aromatic rings. The number of carbonyl (C=O) groups excluding carboxylic acids is 1. The number of nitrogens with one attached hydrogen (secondary N) is 1. The van der Waals surface area contributed by atoms with Crippen LogP contribution in [0.2, 0.25) is 0 Å². The van der Waals surface area contributed by atoms with E-state index in [2.05, 4.69) is 32.9 Å². The Hall–Kier alpha value is -0.690. The van der Waals surface area contributed by atoms with Gasteiger partial charge in [-0.1, -0.05) is 0 Å². The highest BCUT2D eigenvalue weighted by atomic mass is 127. The van der Waals surface area contributed by atoms with Gasteiger partial charge < -0.3 is 10.1 Å². The molecule has 2 aliphatic rings. The van der Waals surface area contributed by atoms with Crippen molar-refractivity contribution in [1.82, 2.24) is 4.98 Å². The zero-order chi connectivity index (χ0) is 11.8. The maximum Gasteiger partial charge on any atom is 0.231 e. The number of anilines is 1. The van der Waals surface area contributed by atoms with Crippen molar-refractivity contribution >= 4 is 34.3 Å². The summed E-state index contributed by atoms with van der Waals surface area (Å²) in [5.41, 5.74) is 0. The summed E-state index contributed by atoms with van der Waals surface area (Å²) in [7, 11) is 0. The average Bonchev–Trinajstić information content (AvgIpc) is 2.94. The highest BCUT2D eigenvalue weighted by molar-refractivity contribution is 14.1. The van der Waals surface area contributed by atoms with Crippen LogP contribution in [-0.4, -0.2) is 23.1 Å². The largest absolute Gasteiger partial charge is 0.374 e. The molecule has 3 unspecified atom stereocenters. The van der Waals surface area contributed by atoms with Crippen LogP contribution in [0.25, 0.3) is 0 Å². The molecule has 17 heavy (non-hydrogen) atoms. The van der Waals surface area contributed by atoms with Crippen molar-refractivity contribution in [1.29, 1.82) is 0 Å². The van der Waals surface area contributed by atoms with Crippen molar-refractivity contribution in [2.24, 2.45) is 5.92 Å². The van der Waals surface area contributed by atoms with Gasteiger partial charge in [0.2, 0.25) is 5.91 Å².